The highest BCUT2D eigenvalue weighted by Crippen LogP contribution is 2.24. The van der Waals surface area contributed by atoms with Crippen LogP contribution in [-0.4, -0.2) is 14.5 Å². The Hall–Kier alpha value is -2.40. The van der Waals surface area contributed by atoms with Gasteiger partial charge in [-0.3, -0.25) is 10.1 Å². The lowest BCUT2D eigenvalue weighted by molar-refractivity contribution is -0.384. The molecule has 0 saturated heterocycles. The molecule has 1 aromatic heterocycles. The first-order chi connectivity index (χ1) is 9.65. The maximum absolute atomic E-state index is 10.8. The van der Waals surface area contributed by atoms with Gasteiger partial charge in [-0.15, -0.1) is 0 Å². The molecule has 0 aliphatic carbocycles. The quantitative estimate of drug-likeness (QED) is 0.546. The van der Waals surface area contributed by atoms with Crippen molar-refractivity contribution in [2.75, 3.05) is 0 Å². The average Bonchev–Trinajstić information content (AvgIpc) is 2.84. The number of aromatic nitrogens is 2. The highest BCUT2D eigenvalue weighted by molar-refractivity contribution is 6.31. The summed E-state index contributed by atoms with van der Waals surface area (Å²) in [7, 11) is 0. The predicted octanol–water partition coefficient (Wildman–Crippen LogP) is 3.65. The van der Waals surface area contributed by atoms with Crippen LogP contribution in [0.1, 0.15) is 5.56 Å². The zero-order valence-electron chi connectivity index (χ0n) is 10.4. The van der Waals surface area contributed by atoms with E-state index >= 15 is 0 Å². The van der Waals surface area contributed by atoms with Crippen molar-refractivity contribution in [1.82, 2.24) is 9.55 Å². The Labute approximate surface area is 119 Å². The molecule has 0 aliphatic rings. The molecular weight excluding hydrogens is 278 g/mol. The lowest BCUT2D eigenvalue weighted by Gasteiger charge is -2.06. The fourth-order valence-electron chi connectivity index (χ4n) is 2.12. The Balaban J connectivity index is 2.02. The van der Waals surface area contributed by atoms with E-state index in [0.29, 0.717) is 17.1 Å². The molecule has 0 atom stereocenters. The summed E-state index contributed by atoms with van der Waals surface area (Å²) in [6, 6.07) is 12.2. The topological polar surface area (TPSA) is 61.0 Å². The van der Waals surface area contributed by atoms with E-state index in [1.807, 2.05) is 28.8 Å². The number of imidazole rings is 1. The van der Waals surface area contributed by atoms with Crippen LogP contribution in [0.3, 0.4) is 0 Å². The van der Waals surface area contributed by atoms with Crippen molar-refractivity contribution < 1.29 is 4.92 Å². The minimum Gasteiger partial charge on any atom is -0.326 e. The lowest BCUT2D eigenvalue weighted by Crippen LogP contribution is -2.00. The maximum atomic E-state index is 10.8. The first kappa shape index (κ1) is 12.6. The molecule has 100 valence electrons. The van der Waals surface area contributed by atoms with Crippen molar-refractivity contribution in [2.45, 2.75) is 6.54 Å². The summed E-state index contributed by atoms with van der Waals surface area (Å²) in [5.74, 6) is 0. The van der Waals surface area contributed by atoms with Crippen LogP contribution < -0.4 is 0 Å². The second kappa shape index (κ2) is 4.94. The molecular formula is C14H10ClN3O2. The Morgan fingerprint density at radius 1 is 1.25 bits per heavy atom. The van der Waals surface area contributed by atoms with Gasteiger partial charge in [0.25, 0.3) is 5.69 Å². The highest BCUT2D eigenvalue weighted by atomic mass is 35.5. The molecule has 0 N–H and O–H groups in total. The summed E-state index contributed by atoms with van der Waals surface area (Å²) in [4.78, 5) is 14.7. The molecule has 0 amide bonds. The number of hydrogen-bond donors (Lipinski definition) is 0. The van der Waals surface area contributed by atoms with Gasteiger partial charge in [0.05, 0.1) is 28.8 Å². The van der Waals surface area contributed by atoms with Crippen molar-refractivity contribution in [3.05, 3.63) is 69.5 Å². The molecule has 3 rings (SSSR count). The van der Waals surface area contributed by atoms with E-state index in [4.69, 9.17) is 11.6 Å². The molecule has 0 spiro atoms. The fraction of sp³-hybridized carbons (Fsp3) is 0.0714. The van der Waals surface area contributed by atoms with Crippen LogP contribution in [0.15, 0.2) is 48.8 Å². The molecule has 0 unspecified atom stereocenters. The minimum absolute atomic E-state index is 0.0359. The Morgan fingerprint density at radius 2 is 2.05 bits per heavy atom. The molecule has 0 bridgehead atoms. The maximum Gasteiger partial charge on any atom is 0.269 e. The van der Waals surface area contributed by atoms with E-state index in [1.54, 1.807) is 12.4 Å². The van der Waals surface area contributed by atoms with E-state index in [9.17, 15) is 10.1 Å². The van der Waals surface area contributed by atoms with Gasteiger partial charge in [-0.1, -0.05) is 23.7 Å². The highest BCUT2D eigenvalue weighted by Gasteiger charge is 2.11. The monoisotopic (exact) mass is 287 g/mol. The van der Waals surface area contributed by atoms with Crippen molar-refractivity contribution in [2.24, 2.45) is 0 Å². The molecule has 5 nitrogen and oxygen atoms in total. The molecule has 6 heteroatoms. The van der Waals surface area contributed by atoms with Gasteiger partial charge in [-0.25, -0.2) is 4.98 Å². The average molecular weight is 288 g/mol. The summed E-state index contributed by atoms with van der Waals surface area (Å²) in [5.41, 5.74) is 2.59. The fourth-order valence-corrected chi connectivity index (χ4v) is 2.29. The van der Waals surface area contributed by atoms with Crippen molar-refractivity contribution >= 4 is 28.3 Å². The number of non-ortho nitro benzene ring substituents is 1. The summed E-state index contributed by atoms with van der Waals surface area (Å²) in [5, 5.41) is 11.3. The zero-order valence-corrected chi connectivity index (χ0v) is 11.1. The minimum atomic E-state index is -0.425. The van der Waals surface area contributed by atoms with Gasteiger partial charge >= 0.3 is 0 Å². The lowest BCUT2D eigenvalue weighted by atomic mass is 10.2. The van der Waals surface area contributed by atoms with E-state index in [2.05, 4.69) is 4.98 Å². The molecule has 1 heterocycles. The van der Waals surface area contributed by atoms with Crippen molar-refractivity contribution in [3.63, 3.8) is 0 Å². The number of benzene rings is 2. The molecule has 0 saturated carbocycles. The van der Waals surface area contributed by atoms with Crippen molar-refractivity contribution in [3.8, 4) is 0 Å². The largest absolute Gasteiger partial charge is 0.326 e. The third-order valence-corrected chi connectivity index (χ3v) is 3.48. The van der Waals surface area contributed by atoms with Crippen LogP contribution in [0.4, 0.5) is 5.69 Å². The number of nitro groups is 1. The number of nitro benzene ring substituents is 1. The van der Waals surface area contributed by atoms with Crippen LogP contribution in [0.2, 0.25) is 5.02 Å². The molecule has 20 heavy (non-hydrogen) atoms. The second-order valence-electron chi connectivity index (χ2n) is 4.39. The van der Waals surface area contributed by atoms with Gasteiger partial charge in [0, 0.05) is 17.2 Å². The van der Waals surface area contributed by atoms with Crippen molar-refractivity contribution in [1.29, 1.82) is 0 Å². The van der Waals surface area contributed by atoms with Crippen LogP contribution >= 0.6 is 11.6 Å². The van der Waals surface area contributed by atoms with Gasteiger partial charge in [-0.05, 0) is 23.8 Å². The van der Waals surface area contributed by atoms with Crippen LogP contribution in [-0.2, 0) is 6.54 Å². The van der Waals surface area contributed by atoms with E-state index in [1.165, 1.54) is 12.1 Å². The van der Waals surface area contributed by atoms with E-state index < -0.39 is 4.92 Å². The third kappa shape index (κ3) is 2.23. The third-order valence-electron chi connectivity index (χ3n) is 3.11. The SMILES string of the molecule is O=[N+]([O-])c1ccc(Cl)c(Cn2cnc3ccccc32)c1. The smallest absolute Gasteiger partial charge is 0.269 e. The molecule has 0 radical (unpaired) electrons. The molecule has 3 aromatic rings. The van der Waals surface area contributed by atoms with Gasteiger partial charge in [-0.2, -0.15) is 0 Å². The first-order valence-corrected chi connectivity index (χ1v) is 6.35. The Kier molecular flexibility index (Phi) is 3.12. The first-order valence-electron chi connectivity index (χ1n) is 5.98. The molecule has 0 fully saturated rings. The number of nitrogens with zero attached hydrogens (tertiary/aromatic N) is 3. The van der Waals surface area contributed by atoms with Crippen LogP contribution in [0, 0.1) is 10.1 Å². The summed E-state index contributed by atoms with van der Waals surface area (Å²) in [6.07, 6.45) is 1.71. The standard InChI is InChI=1S/C14H10ClN3O2/c15-12-6-5-11(18(19)20)7-10(12)8-17-9-16-13-3-1-2-4-14(13)17/h1-7,9H,8H2. The van der Waals surface area contributed by atoms with Gasteiger partial charge in [0.1, 0.15) is 0 Å². The molecule has 2 aromatic carbocycles. The van der Waals surface area contributed by atoms with Crippen LogP contribution in [0.5, 0.6) is 0 Å². The molecule has 0 aliphatic heterocycles. The number of hydrogen-bond acceptors (Lipinski definition) is 3. The van der Waals surface area contributed by atoms with Crippen LogP contribution in [0.25, 0.3) is 11.0 Å². The van der Waals surface area contributed by atoms with E-state index in [0.717, 1.165) is 11.0 Å². The number of rotatable bonds is 3. The summed E-state index contributed by atoms with van der Waals surface area (Å²) < 4.78 is 1.92. The number of halogens is 1. The zero-order chi connectivity index (χ0) is 14.1. The Morgan fingerprint density at radius 3 is 2.85 bits per heavy atom. The van der Waals surface area contributed by atoms with Gasteiger partial charge < -0.3 is 4.57 Å². The number of para-hydroxylation sites is 2. The normalized spacial score (nSPS) is 10.8. The van der Waals surface area contributed by atoms with Gasteiger partial charge in [0.2, 0.25) is 0 Å². The summed E-state index contributed by atoms with van der Waals surface area (Å²) >= 11 is 6.11. The predicted molar refractivity (Wildman–Crippen MR) is 76.9 cm³/mol. The Bertz CT molecular complexity index is 798. The van der Waals surface area contributed by atoms with Gasteiger partial charge in [0.15, 0.2) is 0 Å². The second-order valence-corrected chi connectivity index (χ2v) is 4.80. The van der Waals surface area contributed by atoms with E-state index in [-0.39, 0.29) is 5.69 Å². The summed E-state index contributed by atoms with van der Waals surface area (Å²) in [6.45, 7) is 0.445. The number of fused-ring (bicyclic) bond motifs is 1.